The van der Waals surface area contributed by atoms with E-state index < -0.39 is 0 Å². The lowest BCUT2D eigenvalue weighted by Gasteiger charge is -2.18. The fraction of sp³-hybridized carbons (Fsp3) is 0.409. The van der Waals surface area contributed by atoms with Gasteiger partial charge in [-0.2, -0.15) is 0 Å². The SMILES string of the molecule is Cn1c(SCC(=O)NC(c2ccccc2)C2CC2)nc2sc3c(c2c1=O)CCC3. The van der Waals surface area contributed by atoms with Crippen LogP contribution in [0.2, 0.25) is 0 Å². The zero-order chi connectivity index (χ0) is 20.0. The number of amides is 1. The van der Waals surface area contributed by atoms with Gasteiger partial charge in [0.05, 0.1) is 17.2 Å². The summed E-state index contributed by atoms with van der Waals surface area (Å²) >= 11 is 2.98. The van der Waals surface area contributed by atoms with Crippen molar-refractivity contribution in [1.29, 1.82) is 0 Å². The van der Waals surface area contributed by atoms with Crippen molar-refractivity contribution in [1.82, 2.24) is 14.9 Å². The predicted molar refractivity (Wildman–Crippen MR) is 118 cm³/mol. The third-order valence-electron chi connectivity index (χ3n) is 5.81. The van der Waals surface area contributed by atoms with Crippen molar-refractivity contribution in [3.63, 3.8) is 0 Å². The van der Waals surface area contributed by atoms with E-state index in [1.54, 1.807) is 23.0 Å². The van der Waals surface area contributed by atoms with Gasteiger partial charge in [-0.25, -0.2) is 4.98 Å². The molecule has 2 aromatic heterocycles. The van der Waals surface area contributed by atoms with E-state index in [0.29, 0.717) is 11.1 Å². The first-order chi connectivity index (χ1) is 14.1. The van der Waals surface area contributed by atoms with Crippen molar-refractivity contribution in [3.8, 4) is 0 Å². The number of nitrogens with zero attached hydrogens (tertiary/aromatic N) is 2. The van der Waals surface area contributed by atoms with Crippen LogP contribution >= 0.6 is 23.1 Å². The van der Waals surface area contributed by atoms with Crippen LogP contribution in [0.25, 0.3) is 10.2 Å². The molecular weight excluding hydrogens is 402 g/mol. The molecule has 1 aromatic carbocycles. The van der Waals surface area contributed by atoms with Gasteiger partial charge in [-0.05, 0) is 49.1 Å². The number of fused-ring (bicyclic) bond motifs is 3. The molecule has 1 N–H and O–H groups in total. The van der Waals surface area contributed by atoms with Crippen LogP contribution in [-0.2, 0) is 24.7 Å². The summed E-state index contributed by atoms with van der Waals surface area (Å²) in [6.07, 6.45) is 5.46. The van der Waals surface area contributed by atoms with Gasteiger partial charge >= 0.3 is 0 Å². The highest BCUT2D eigenvalue weighted by Gasteiger charge is 2.33. The van der Waals surface area contributed by atoms with Gasteiger partial charge in [-0.3, -0.25) is 14.2 Å². The average molecular weight is 426 g/mol. The molecule has 0 bridgehead atoms. The van der Waals surface area contributed by atoms with Crippen LogP contribution in [0, 0.1) is 5.92 Å². The van der Waals surface area contributed by atoms with Gasteiger partial charge in [0.25, 0.3) is 5.56 Å². The Morgan fingerprint density at radius 2 is 2.10 bits per heavy atom. The smallest absolute Gasteiger partial charge is 0.262 e. The first-order valence-electron chi connectivity index (χ1n) is 10.1. The largest absolute Gasteiger partial charge is 0.348 e. The normalized spacial score (nSPS) is 16.7. The summed E-state index contributed by atoms with van der Waals surface area (Å²) in [4.78, 5) is 32.4. The van der Waals surface area contributed by atoms with Gasteiger partial charge < -0.3 is 5.32 Å². The average Bonchev–Trinajstić information content (AvgIpc) is 3.37. The number of thioether (sulfide) groups is 1. The molecular formula is C22H23N3O2S2. The lowest BCUT2D eigenvalue weighted by molar-refractivity contribution is -0.119. The second-order valence-corrected chi connectivity index (χ2v) is 9.90. The fourth-order valence-electron chi connectivity index (χ4n) is 4.14. The number of aromatic nitrogens is 2. The molecule has 2 aliphatic rings. The van der Waals surface area contributed by atoms with Crippen molar-refractivity contribution in [2.24, 2.45) is 13.0 Å². The molecule has 150 valence electrons. The van der Waals surface area contributed by atoms with Crippen molar-refractivity contribution in [3.05, 3.63) is 56.7 Å². The van der Waals surface area contributed by atoms with E-state index in [1.807, 2.05) is 18.2 Å². The zero-order valence-electron chi connectivity index (χ0n) is 16.3. The molecule has 3 aromatic rings. The number of aryl methyl sites for hydroxylation is 2. The number of thiophene rings is 1. The molecule has 0 aliphatic heterocycles. The highest BCUT2D eigenvalue weighted by atomic mass is 32.2. The van der Waals surface area contributed by atoms with Crippen LogP contribution in [0.3, 0.4) is 0 Å². The molecule has 2 aliphatic carbocycles. The van der Waals surface area contributed by atoms with Crippen LogP contribution in [-0.4, -0.2) is 21.2 Å². The molecule has 1 amide bonds. The summed E-state index contributed by atoms with van der Waals surface area (Å²) in [5, 5.41) is 4.60. The number of carbonyl (C=O) groups excluding carboxylic acids is 1. The Balaban J connectivity index is 1.32. The standard InChI is InChI=1S/C22H23N3O2S2/c1-25-21(27)18-15-8-5-9-16(15)29-20(18)24-22(25)28-12-17(26)23-19(14-10-11-14)13-6-3-2-4-7-13/h2-4,6-7,14,19H,5,8-12H2,1H3,(H,23,26). The number of hydrogen-bond donors (Lipinski definition) is 1. The van der Waals surface area contributed by atoms with Gasteiger partial charge in [0.2, 0.25) is 5.91 Å². The van der Waals surface area contributed by atoms with Crippen LogP contribution in [0.4, 0.5) is 0 Å². The number of rotatable bonds is 6. The van der Waals surface area contributed by atoms with E-state index in [1.165, 1.54) is 22.2 Å². The Kier molecular flexibility index (Phi) is 4.95. The minimum Gasteiger partial charge on any atom is -0.348 e. The molecule has 5 rings (SSSR count). The maximum Gasteiger partial charge on any atom is 0.262 e. The third kappa shape index (κ3) is 3.62. The predicted octanol–water partition coefficient (Wildman–Crippen LogP) is 3.84. The Morgan fingerprint density at radius 1 is 1.31 bits per heavy atom. The Morgan fingerprint density at radius 3 is 2.86 bits per heavy atom. The molecule has 1 unspecified atom stereocenters. The Labute approximate surface area is 177 Å². The van der Waals surface area contributed by atoms with Crippen molar-refractivity contribution < 1.29 is 4.79 Å². The molecule has 0 saturated heterocycles. The van der Waals surface area contributed by atoms with Gasteiger partial charge in [0, 0.05) is 11.9 Å². The lowest BCUT2D eigenvalue weighted by Crippen LogP contribution is -2.31. The zero-order valence-corrected chi connectivity index (χ0v) is 17.9. The topological polar surface area (TPSA) is 64.0 Å². The molecule has 29 heavy (non-hydrogen) atoms. The minimum absolute atomic E-state index is 0.0115. The second kappa shape index (κ2) is 7.61. The number of benzene rings is 1. The molecule has 7 heteroatoms. The maximum absolute atomic E-state index is 12.9. The van der Waals surface area contributed by atoms with E-state index in [-0.39, 0.29) is 23.3 Å². The van der Waals surface area contributed by atoms with E-state index in [4.69, 9.17) is 4.98 Å². The number of carbonyl (C=O) groups is 1. The molecule has 0 spiro atoms. The summed E-state index contributed by atoms with van der Waals surface area (Å²) in [5.41, 5.74) is 2.37. The van der Waals surface area contributed by atoms with Crippen molar-refractivity contribution in [2.75, 3.05) is 5.75 Å². The molecule has 1 atom stereocenters. The third-order valence-corrected chi connectivity index (χ3v) is 8.02. The molecule has 1 fully saturated rings. The quantitative estimate of drug-likeness (QED) is 0.481. The maximum atomic E-state index is 12.9. The molecule has 1 saturated carbocycles. The van der Waals surface area contributed by atoms with Crippen LogP contribution in [0.5, 0.6) is 0 Å². The van der Waals surface area contributed by atoms with E-state index >= 15 is 0 Å². The van der Waals surface area contributed by atoms with Crippen molar-refractivity contribution >= 4 is 39.2 Å². The molecule has 0 radical (unpaired) electrons. The van der Waals surface area contributed by atoms with E-state index in [9.17, 15) is 9.59 Å². The van der Waals surface area contributed by atoms with Gasteiger partial charge in [0.1, 0.15) is 4.83 Å². The van der Waals surface area contributed by atoms with Crippen LogP contribution in [0.15, 0.2) is 40.3 Å². The van der Waals surface area contributed by atoms with Gasteiger partial charge in [0.15, 0.2) is 5.16 Å². The van der Waals surface area contributed by atoms with Gasteiger partial charge in [-0.15, -0.1) is 11.3 Å². The Bertz CT molecular complexity index is 1130. The number of nitrogens with one attached hydrogen (secondary N) is 1. The summed E-state index contributed by atoms with van der Waals surface area (Å²) < 4.78 is 1.60. The lowest BCUT2D eigenvalue weighted by atomic mass is 10.0. The van der Waals surface area contributed by atoms with Crippen LogP contribution in [0.1, 0.15) is 41.3 Å². The summed E-state index contributed by atoms with van der Waals surface area (Å²) in [7, 11) is 1.75. The molecule has 5 nitrogen and oxygen atoms in total. The monoisotopic (exact) mass is 425 g/mol. The second-order valence-electron chi connectivity index (χ2n) is 7.88. The highest BCUT2D eigenvalue weighted by Crippen LogP contribution is 2.41. The van der Waals surface area contributed by atoms with E-state index in [2.05, 4.69) is 17.4 Å². The summed E-state index contributed by atoms with van der Waals surface area (Å²) in [6, 6.07) is 10.2. The summed E-state index contributed by atoms with van der Waals surface area (Å²) in [6.45, 7) is 0. The van der Waals surface area contributed by atoms with Crippen molar-refractivity contribution in [2.45, 2.75) is 43.3 Å². The summed E-state index contributed by atoms with van der Waals surface area (Å²) in [5.74, 6) is 0.768. The van der Waals surface area contributed by atoms with E-state index in [0.717, 1.165) is 47.9 Å². The minimum atomic E-state index is -0.0150. The highest BCUT2D eigenvalue weighted by molar-refractivity contribution is 7.99. The van der Waals surface area contributed by atoms with Gasteiger partial charge in [-0.1, -0.05) is 42.1 Å². The number of hydrogen-bond acceptors (Lipinski definition) is 5. The fourth-order valence-corrected chi connectivity index (χ4v) is 6.23. The van der Waals surface area contributed by atoms with Crippen LogP contribution < -0.4 is 10.9 Å². The first kappa shape index (κ1) is 18.9. The molecule has 2 heterocycles. The Hall–Kier alpha value is -2.12. The first-order valence-corrected chi connectivity index (χ1v) is 11.9.